The van der Waals surface area contributed by atoms with Crippen molar-refractivity contribution in [2.45, 2.75) is 31.8 Å². The first kappa shape index (κ1) is 24.6. The number of ether oxygens (including phenoxy) is 1. The van der Waals surface area contributed by atoms with Crippen LogP contribution in [0, 0.1) is 0 Å². The van der Waals surface area contributed by atoms with E-state index in [2.05, 4.69) is 32.3 Å². The number of hydrazone groups is 1. The van der Waals surface area contributed by atoms with E-state index in [0.717, 1.165) is 23.1 Å². The Kier molecular flexibility index (Phi) is 8.90. The van der Waals surface area contributed by atoms with Crippen molar-refractivity contribution in [2.24, 2.45) is 15.9 Å². The molecule has 0 unspecified atom stereocenters. The van der Waals surface area contributed by atoms with Gasteiger partial charge in [-0.15, -0.1) is 0 Å². The van der Waals surface area contributed by atoms with Gasteiger partial charge in [0.15, 0.2) is 0 Å². The van der Waals surface area contributed by atoms with E-state index in [0.29, 0.717) is 19.5 Å². The van der Waals surface area contributed by atoms with Gasteiger partial charge in [0.25, 0.3) is 0 Å². The molecule has 9 nitrogen and oxygen atoms in total. The lowest BCUT2D eigenvalue weighted by Gasteiger charge is -2.23. The van der Waals surface area contributed by atoms with Gasteiger partial charge in [0.05, 0.1) is 19.2 Å². The summed E-state index contributed by atoms with van der Waals surface area (Å²) >= 11 is 0. The molecule has 3 N–H and O–H groups in total. The van der Waals surface area contributed by atoms with Crippen LogP contribution in [0.2, 0.25) is 0 Å². The highest BCUT2D eigenvalue weighted by Gasteiger charge is 2.33. The predicted octanol–water partition coefficient (Wildman–Crippen LogP) is 1.91. The zero-order valence-electron chi connectivity index (χ0n) is 19.1. The number of aliphatic imine (C=N–C) groups is 1. The van der Waals surface area contributed by atoms with Gasteiger partial charge >= 0.3 is 5.97 Å². The topological polar surface area (TPSA) is 126 Å². The third-order valence-electron chi connectivity index (χ3n) is 5.59. The minimum Gasteiger partial charge on any atom is -0.469 e. The normalized spacial score (nSPS) is 16.0. The van der Waals surface area contributed by atoms with Crippen LogP contribution in [0.3, 0.4) is 0 Å². The molecule has 0 bridgehead atoms. The van der Waals surface area contributed by atoms with E-state index >= 15 is 0 Å². The summed E-state index contributed by atoms with van der Waals surface area (Å²) in [5.74, 6) is 4.28. The third kappa shape index (κ3) is 6.74. The second kappa shape index (κ2) is 12.3. The van der Waals surface area contributed by atoms with Crippen molar-refractivity contribution in [1.82, 2.24) is 10.2 Å². The summed E-state index contributed by atoms with van der Waals surface area (Å²) in [5, 5.41) is 6.40. The molecule has 1 atom stereocenters. The first-order valence-corrected chi connectivity index (χ1v) is 11.1. The van der Waals surface area contributed by atoms with Crippen molar-refractivity contribution < 1.29 is 19.1 Å². The van der Waals surface area contributed by atoms with Gasteiger partial charge in [-0.2, -0.15) is 5.10 Å². The van der Waals surface area contributed by atoms with Gasteiger partial charge in [0.2, 0.25) is 11.8 Å². The number of hydrogen-bond donors (Lipinski definition) is 2. The number of carbonyl (C=O) groups is 3. The number of rotatable bonds is 9. The largest absolute Gasteiger partial charge is 0.469 e. The number of carbonyl (C=O) groups excluding carboxylic acids is 3. The van der Waals surface area contributed by atoms with Gasteiger partial charge in [-0.3, -0.25) is 19.4 Å². The molecule has 0 radical (unpaired) electrons. The summed E-state index contributed by atoms with van der Waals surface area (Å²) in [6.45, 7) is 0.720. The fraction of sp³-hybridized carbons (Fsp3) is 0.320. The number of hydrogen-bond acceptors (Lipinski definition) is 7. The van der Waals surface area contributed by atoms with Gasteiger partial charge in [-0.1, -0.05) is 54.6 Å². The molecule has 1 saturated heterocycles. The molecule has 0 spiro atoms. The second-order valence-corrected chi connectivity index (χ2v) is 7.87. The van der Waals surface area contributed by atoms with E-state index in [4.69, 9.17) is 5.84 Å². The maximum absolute atomic E-state index is 12.8. The number of nitrogens with zero attached hydrogens (tertiary/aromatic N) is 3. The number of likely N-dealkylation sites (tertiary alicyclic amines) is 1. The van der Waals surface area contributed by atoms with E-state index in [-0.39, 0.29) is 30.5 Å². The van der Waals surface area contributed by atoms with Crippen LogP contribution in [0.1, 0.15) is 24.8 Å². The van der Waals surface area contributed by atoms with Crippen LogP contribution in [-0.4, -0.2) is 60.9 Å². The SMILES string of the molecule is COC(=O)CC(C=NCC(=O)N1CCC[C@H]1C(=O)NCc1ccc(-c2ccccc2)cc1)=NN. The standard InChI is InChI=1S/C25H29N5O4/c1-34-24(32)14-21(29-26)16-27-17-23(31)30-13-5-8-22(30)25(33)28-15-18-9-11-20(12-10-18)19-6-3-2-4-7-19/h2-4,6-7,9-12,16,22H,5,8,13-15,17,26H2,1H3,(H,28,33)/t22-/m0/s1. The van der Waals surface area contributed by atoms with Gasteiger partial charge in [-0.25, -0.2) is 0 Å². The fourth-order valence-electron chi connectivity index (χ4n) is 3.76. The number of nitrogens with two attached hydrogens (primary N) is 1. The highest BCUT2D eigenvalue weighted by atomic mass is 16.5. The number of benzene rings is 2. The number of esters is 1. The lowest BCUT2D eigenvalue weighted by atomic mass is 10.0. The summed E-state index contributed by atoms with van der Waals surface area (Å²) in [5.41, 5.74) is 3.43. The molecule has 1 heterocycles. The van der Waals surface area contributed by atoms with Crippen molar-refractivity contribution >= 4 is 29.7 Å². The van der Waals surface area contributed by atoms with Gasteiger partial charge in [0, 0.05) is 19.3 Å². The third-order valence-corrected chi connectivity index (χ3v) is 5.59. The van der Waals surface area contributed by atoms with Crippen molar-refractivity contribution in [3.63, 3.8) is 0 Å². The quantitative estimate of drug-likeness (QED) is 0.254. The van der Waals surface area contributed by atoms with Gasteiger partial charge in [-0.05, 0) is 29.5 Å². The summed E-state index contributed by atoms with van der Waals surface area (Å²) in [6.07, 6.45) is 2.49. The lowest BCUT2D eigenvalue weighted by molar-refractivity contribution is -0.139. The minimum atomic E-state index is -0.524. The molecule has 1 fully saturated rings. The molecule has 0 aromatic heterocycles. The molecule has 1 aliphatic rings. The summed E-state index contributed by atoms with van der Waals surface area (Å²) in [7, 11) is 1.26. The first-order chi connectivity index (χ1) is 16.5. The Morgan fingerprint density at radius 3 is 2.50 bits per heavy atom. The van der Waals surface area contributed by atoms with Crippen LogP contribution in [-0.2, 0) is 25.7 Å². The smallest absolute Gasteiger partial charge is 0.311 e. The Morgan fingerprint density at radius 2 is 1.82 bits per heavy atom. The molecule has 2 aromatic rings. The Morgan fingerprint density at radius 1 is 1.12 bits per heavy atom. The Hall–Kier alpha value is -4.01. The van der Waals surface area contributed by atoms with Gasteiger partial charge in [0.1, 0.15) is 12.6 Å². The lowest BCUT2D eigenvalue weighted by Crippen LogP contribution is -2.46. The Bertz CT molecular complexity index is 1050. The van der Waals surface area contributed by atoms with Crippen molar-refractivity contribution in [3.8, 4) is 11.1 Å². The molecule has 9 heteroatoms. The molecule has 0 saturated carbocycles. The number of amides is 2. The van der Waals surface area contributed by atoms with Crippen molar-refractivity contribution in [1.29, 1.82) is 0 Å². The zero-order valence-corrected chi connectivity index (χ0v) is 19.1. The maximum Gasteiger partial charge on any atom is 0.311 e. The number of nitrogens with one attached hydrogen (secondary N) is 1. The summed E-state index contributed by atoms with van der Waals surface area (Å²) in [4.78, 5) is 42.3. The van der Waals surface area contributed by atoms with E-state index in [9.17, 15) is 14.4 Å². The van der Waals surface area contributed by atoms with E-state index in [1.54, 1.807) is 4.90 Å². The predicted molar refractivity (Wildman–Crippen MR) is 130 cm³/mol. The van der Waals surface area contributed by atoms with E-state index in [1.165, 1.54) is 13.3 Å². The molecular formula is C25H29N5O4. The van der Waals surface area contributed by atoms with Crippen LogP contribution in [0.4, 0.5) is 0 Å². The summed E-state index contributed by atoms with van der Waals surface area (Å²) < 4.78 is 4.56. The van der Waals surface area contributed by atoms with Crippen LogP contribution in [0.25, 0.3) is 11.1 Å². The Labute approximate surface area is 198 Å². The first-order valence-electron chi connectivity index (χ1n) is 11.1. The molecule has 0 aliphatic carbocycles. The van der Waals surface area contributed by atoms with Crippen LogP contribution in [0.5, 0.6) is 0 Å². The zero-order chi connectivity index (χ0) is 24.3. The van der Waals surface area contributed by atoms with Crippen LogP contribution >= 0.6 is 0 Å². The maximum atomic E-state index is 12.8. The highest BCUT2D eigenvalue weighted by molar-refractivity contribution is 6.34. The van der Waals surface area contributed by atoms with Crippen LogP contribution in [0.15, 0.2) is 64.7 Å². The minimum absolute atomic E-state index is 0.133. The average molecular weight is 464 g/mol. The molecule has 3 rings (SSSR count). The van der Waals surface area contributed by atoms with Crippen molar-refractivity contribution in [2.75, 3.05) is 20.2 Å². The molecule has 2 amide bonds. The van der Waals surface area contributed by atoms with Gasteiger partial charge < -0.3 is 20.8 Å². The molecule has 1 aliphatic heterocycles. The van der Waals surface area contributed by atoms with Crippen LogP contribution < -0.4 is 11.2 Å². The molecule has 2 aromatic carbocycles. The molecule has 178 valence electrons. The average Bonchev–Trinajstić information content (AvgIpc) is 3.37. The summed E-state index contributed by atoms with van der Waals surface area (Å²) in [6, 6.07) is 17.6. The molecular weight excluding hydrogens is 434 g/mol. The van der Waals surface area contributed by atoms with Crippen molar-refractivity contribution in [3.05, 3.63) is 60.2 Å². The van der Waals surface area contributed by atoms with E-state index < -0.39 is 12.0 Å². The monoisotopic (exact) mass is 463 g/mol. The Balaban J connectivity index is 1.51. The second-order valence-electron chi connectivity index (χ2n) is 7.87. The van der Waals surface area contributed by atoms with E-state index in [1.807, 2.05) is 42.5 Å². The molecule has 34 heavy (non-hydrogen) atoms. The number of methoxy groups -OCH3 is 1. The highest BCUT2D eigenvalue weighted by Crippen LogP contribution is 2.20. The fourth-order valence-corrected chi connectivity index (χ4v) is 3.76.